The summed E-state index contributed by atoms with van der Waals surface area (Å²) in [6.07, 6.45) is 5.16. The minimum atomic E-state index is 0.596. The summed E-state index contributed by atoms with van der Waals surface area (Å²) >= 11 is 0. The van der Waals surface area contributed by atoms with Gasteiger partial charge in [0.1, 0.15) is 5.76 Å². The van der Waals surface area contributed by atoms with Crippen LogP contribution in [0.15, 0.2) is 34.9 Å². The van der Waals surface area contributed by atoms with E-state index in [0.29, 0.717) is 12.0 Å². The second kappa shape index (κ2) is 5.80. The molecule has 0 radical (unpaired) electrons. The fraction of sp³-hybridized carbons (Fsp3) is 0.471. The molecule has 1 aromatic carbocycles. The van der Waals surface area contributed by atoms with Gasteiger partial charge in [-0.25, -0.2) is 4.98 Å². The van der Waals surface area contributed by atoms with E-state index >= 15 is 0 Å². The highest BCUT2D eigenvalue weighted by atomic mass is 16.4. The first-order chi connectivity index (χ1) is 9.74. The monoisotopic (exact) mass is 270 g/mol. The number of nitrogens with one attached hydrogen (secondary N) is 1. The number of benzene rings is 1. The van der Waals surface area contributed by atoms with Crippen LogP contribution in [0.2, 0.25) is 0 Å². The molecule has 1 saturated carbocycles. The number of hydrogen-bond acceptors (Lipinski definition) is 3. The number of hydrogen-bond donors (Lipinski definition) is 1. The highest BCUT2D eigenvalue weighted by Gasteiger charge is 2.29. The maximum Gasteiger partial charge on any atom is 0.208 e. The summed E-state index contributed by atoms with van der Waals surface area (Å²) < 4.78 is 5.60. The van der Waals surface area contributed by atoms with Crippen LogP contribution in [0.25, 0.3) is 0 Å². The Balaban J connectivity index is 1.45. The van der Waals surface area contributed by atoms with E-state index in [2.05, 4.69) is 48.4 Å². The van der Waals surface area contributed by atoms with Crippen LogP contribution < -0.4 is 5.32 Å². The van der Waals surface area contributed by atoms with Gasteiger partial charge in [0, 0.05) is 12.5 Å². The van der Waals surface area contributed by atoms with Crippen LogP contribution in [0.1, 0.15) is 48.5 Å². The molecule has 3 rings (SSSR count). The molecule has 1 aliphatic carbocycles. The maximum absolute atomic E-state index is 5.60. The van der Waals surface area contributed by atoms with Crippen molar-refractivity contribution in [1.29, 1.82) is 0 Å². The zero-order chi connectivity index (χ0) is 13.9. The van der Waals surface area contributed by atoms with Crippen molar-refractivity contribution in [1.82, 2.24) is 10.3 Å². The van der Waals surface area contributed by atoms with Gasteiger partial charge in [0.15, 0.2) is 0 Å². The molecule has 0 amide bonds. The van der Waals surface area contributed by atoms with E-state index in [4.69, 9.17) is 4.42 Å². The third-order valence-electron chi connectivity index (χ3n) is 4.18. The summed E-state index contributed by atoms with van der Waals surface area (Å²) in [4.78, 5) is 4.28. The standard InChI is InChI=1S/C17H22N2O/c1-3-16-10-19-17(20-16)11-18-15-8-14(9-15)13-6-4-12(2)5-7-13/h4-7,10,14-15,18H,3,8-9,11H2,1-2H3. The zero-order valence-electron chi connectivity index (χ0n) is 12.2. The molecule has 1 heterocycles. The summed E-state index contributed by atoms with van der Waals surface area (Å²) in [6, 6.07) is 9.53. The smallest absolute Gasteiger partial charge is 0.208 e. The maximum atomic E-state index is 5.60. The van der Waals surface area contributed by atoms with Gasteiger partial charge in [-0.3, -0.25) is 0 Å². The van der Waals surface area contributed by atoms with Crippen LogP contribution in [0.3, 0.4) is 0 Å². The summed E-state index contributed by atoms with van der Waals surface area (Å²) in [5.74, 6) is 2.48. The fourth-order valence-electron chi connectivity index (χ4n) is 2.72. The lowest BCUT2D eigenvalue weighted by Crippen LogP contribution is -2.39. The van der Waals surface area contributed by atoms with Gasteiger partial charge < -0.3 is 9.73 Å². The SMILES string of the molecule is CCc1cnc(CNC2CC(c3ccc(C)cc3)C2)o1. The molecule has 0 atom stereocenters. The Bertz CT molecular complexity index is 553. The molecule has 1 fully saturated rings. The lowest BCUT2D eigenvalue weighted by Gasteiger charge is -2.36. The molecule has 0 bridgehead atoms. The van der Waals surface area contributed by atoms with Crippen molar-refractivity contribution in [3.05, 3.63) is 53.2 Å². The summed E-state index contributed by atoms with van der Waals surface area (Å²) in [7, 11) is 0. The van der Waals surface area contributed by atoms with E-state index in [-0.39, 0.29) is 0 Å². The first kappa shape index (κ1) is 13.4. The Labute approximate surface area is 120 Å². The third-order valence-corrected chi connectivity index (χ3v) is 4.18. The van der Waals surface area contributed by atoms with Gasteiger partial charge in [0.2, 0.25) is 5.89 Å². The van der Waals surface area contributed by atoms with Crippen molar-refractivity contribution >= 4 is 0 Å². The lowest BCUT2D eigenvalue weighted by atomic mass is 9.76. The first-order valence-electron chi connectivity index (χ1n) is 7.48. The Morgan fingerprint density at radius 3 is 2.65 bits per heavy atom. The van der Waals surface area contributed by atoms with E-state index in [1.165, 1.54) is 24.0 Å². The first-order valence-corrected chi connectivity index (χ1v) is 7.48. The molecule has 0 saturated heterocycles. The highest BCUT2D eigenvalue weighted by molar-refractivity contribution is 5.26. The van der Waals surface area contributed by atoms with Gasteiger partial charge in [-0.2, -0.15) is 0 Å². The quantitative estimate of drug-likeness (QED) is 0.902. The van der Waals surface area contributed by atoms with Gasteiger partial charge in [0.05, 0.1) is 12.7 Å². The van der Waals surface area contributed by atoms with Crippen LogP contribution in [-0.4, -0.2) is 11.0 Å². The topological polar surface area (TPSA) is 38.1 Å². The van der Waals surface area contributed by atoms with Gasteiger partial charge in [-0.15, -0.1) is 0 Å². The van der Waals surface area contributed by atoms with Gasteiger partial charge in [-0.1, -0.05) is 36.8 Å². The molecule has 1 N–H and O–H groups in total. The van der Waals surface area contributed by atoms with Crippen molar-refractivity contribution in [3.8, 4) is 0 Å². The van der Waals surface area contributed by atoms with E-state index in [1.807, 2.05) is 6.20 Å². The predicted octanol–water partition coefficient (Wildman–Crippen LogP) is 3.58. The van der Waals surface area contributed by atoms with Crippen molar-refractivity contribution in [3.63, 3.8) is 0 Å². The number of oxazole rings is 1. The highest BCUT2D eigenvalue weighted by Crippen LogP contribution is 2.36. The molecule has 106 valence electrons. The molecule has 2 aromatic rings. The Kier molecular flexibility index (Phi) is 3.88. The van der Waals surface area contributed by atoms with Gasteiger partial charge in [0.25, 0.3) is 0 Å². The normalized spacial score (nSPS) is 21.7. The molecular formula is C17H22N2O. The number of aryl methyl sites for hydroxylation is 2. The van der Waals surface area contributed by atoms with E-state index in [9.17, 15) is 0 Å². The summed E-state index contributed by atoms with van der Waals surface area (Å²) in [5.41, 5.74) is 2.80. The predicted molar refractivity (Wildman–Crippen MR) is 79.7 cm³/mol. The van der Waals surface area contributed by atoms with Crippen molar-refractivity contribution in [2.75, 3.05) is 0 Å². The van der Waals surface area contributed by atoms with Crippen LogP contribution in [0, 0.1) is 6.92 Å². The molecule has 0 unspecified atom stereocenters. The van der Waals surface area contributed by atoms with E-state index in [0.717, 1.165) is 24.6 Å². The second-order valence-electron chi connectivity index (χ2n) is 5.73. The average Bonchev–Trinajstić information content (AvgIpc) is 2.87. The van der Waals surface area contributed by atoms with Crippen LogP contribution in [0.4, 0.5) is 0 Å². The fourth-order valence-corrected chi connectivity index (χ4v) is 2.72. The second-order valence-corrected chi connectivity index (χ2v) is 5.73. The Hall–Kier alpha value is -1.61. The van der Waals surface area contributed by atoms with E-state index in [1.54, 1.807) is 0 Å². The van der Waals surface area contributed by atoms with Crippen molar-refractivity contribution in [2.24, 2.45) is 0 Å². The molecule has 0 aliphatic heterocycles. The molecule has 20 heavy (non-hydrogen) atoms. The minimum Gasteiger partial charge on any atom is -0.444 e. The Morgan fingerprint density at radius 2 is 2.00 bits per heavy atom. The minimum absolute atomic E-state index is 0.596. The number of nitrogens with zero attached hydrogens (tertiary/aromatic N) is 1. The zero-order valence-corrected chi connectivity index (χ0v) is 12.2. The van der Waals surface area contributed by atoms with E-state index < -0.39 is 0 Å². The van der Waals surface area contributed by atoms with Crippen LogP contribution in [-0.2, 0) is 13.0 Å². The molecule has 3 heteroatoms. The summed E-state index contributed by atoms with van der Waals surface area (Å²) in [6.45, 7) is 4.96. The number of aromatic nitrogens is 1. The van der Waals surface area contributed by atoms with Crippen LogP contribution >= 0.6 is 0 Å². The summed E-state index contributed by atoms with van der Waals surface area (Å²) in [5, 5.41) is 3.53. The average molecular weight is 270 g/mol. The molecule has 3 nitrogen and oxygen atoms in total. The molecule has 0 spiro atoms. The Morgan fingerprint density at radius 1 is 1.25 bits per heavy atom. The molecule has 1 aromatic heterocycles. The van der Waals surface area contributed by atoms with Gasteiger partial charge >= 0.3 is 0 Å². The largest absolute Gasteiger partial charge is 0.444 e. The van der Waals surface area contributed by atoms with Crippen molar-refractivity contribution in [2.45, 2.75) is 51.6 Å². The molecule has 1 aliphatic rings. The molecular weight excluding hydrogens is 248 g/mol. The lowest BCUT2D eigenvalue weighted by molar-refractivity contribution is 0.278. The van der Waals surface area contributed by atoms with Gasteiger partial charge in [-0.05, 0) is 31.2 Å². The van der Waals surface area contributed by atoms with Crippen molar-refractivity contribution < 1.29 is 4.42 Å². The third kappa shape index (κ3) is 2.93. The van der Waals surface area contributed by atoms with Crippen LogP contribution in [0.5, 0.6) is 0 Å². The number of rotatable bonds is 5.